The van der Waals surface area contributed by atoms with Crippen LogP contribution < -0.4 is 15.5 Å². The van der Waals surface area contributed by atoms with Crippen molar-refractivity contribution in [3.05, 3.63) is 45.1 Å². The van der Waals surface area contributed by atoms with Crippen molar-refractivity contribution in [3.8, 4) is 0 Å². The summed E-state index contributed by atoms with van der Waals surface area (Å²) in [6, 6.07) is 6.38. The zero-order valence-corrected chi connectivity index (χ0v) is 19.5. The first-order valence-corrected chi connectivity index (χ1v) is 11.2. The van der Waals surface area contributed by atoms with Crippen LogP contribution in [-0.4, -0.2) is 69.1 Å². The molecule has 33 heavy (non-hydrogen) atoms. The Morgan fingerprint density at radius 2 is 2.03 bits per heavy atom. The first-order valence-electron chi connectivity index (χ1n) is 9.98. The highest BCUT2D eigenvalue weighted by Gasteiger charge is 2.26. The van der Waals surface area contributed by atoms with Gasteiger partial charge in [0.25, 0.3) is 18.2 Å². The van der Waals surface area contributed by atoms with Crippen molar-refractivity contribution >= 4 is 52.0 Å². The van der Waals surface area contributed by atoms with Gasteiger partial charge in [-0.05, 0) is 44.4 Å². The summed E-state index contributed by atoms with van der Waals surface area (Å²) < 4.78 is 33.1. The van der Waals surface area contributed by atoms with Crippen molar-refractivity contribution in [2.75, 3.05) is 50.6 Å². The van der Waals surface area contributed by atoms with Crippen LogP contribution in [0.1, 0.15) is 21.7 Å². The van der Waals surface area contributed by atoms with Crippen molar-refractivity contribution in [2.45, 2.75) is 12.5 Å². The molecule has 0 bridgehead atoms. The van der Waals surface area contributed by atoms with Gasteiger partial charge in [-0.3, -0.25) is 19.3 Å². The third-order valence-corrected chi connectivity index (χ3v) is 6.23. The van der Waals surface area contributed by atoms with Crippen LogP contribution >= 0.6 is 22.9 Å². The highest BCUT2D eigenvalue weighted by molar-refractivity contribution is 7.18. The van der Waals surface area contributed by atoms with Crippen molar-refractivity contribution < 1.29 is 27.9 Å². The topological polar surface area (TPSA) is 91.0 Å². The molecule has 8 nitrogen and oxygen atoms in total. The maximum absolute atomic E-state index is 13.8. The Kier molecular flexibility index (Phi) is 8.35. The Bertz CT molecular complexity index is 1030. The second-order valence-corrected chi connectivity index (χ2v) is 9.17. The molecule has 0 radical (unpaired) electrons. The van der Waals surface area contributed by atoms with Crippen molar-refractivity contribution in [1.29, 1.82) is 0 Å². The lowest BCUT2D eigenvalue weighted by molar-refractivity contribution is -0.125. The van der Waals surface area contributed by atoms with Gasteiger partial charge in [-0.1, -0.05) is 11.6 Å². The number of ether oxygens (including phenoxy) is 1. The molecule has 3 amide bonds. The summed E-state index contributed by atoms with van der Waals surface area (Å²) in [5.74, 6) is -1.28. The lowest BCUT2D eigenvalue weighted by Gasteiger charge is -2.28. The molecule has 0 aliphatic carbocycles. The van der Waals surface area contributed by atoms with Crippen LogP contribution in [0.2, 0.25) is 4.34 Å². The summed E-state index contributed by atoms with van der Waals surface area (Å²) in [4.78, 5) is 40.5. The van der Waals surface area contributed by atoms with E-state index in [2.05, 4.69) is 10.6 Å². The summed E-state index contributed by atoms with van der Waals surface area (Å²) >= 11 is 6.95. The van der Waals surface area contributed by atoms with Gasteiger partial charge in [0.15, 0.2) is 0 Å². The number of carbonyl (C=O) groups is 3. The molecule has 12 heteroatoms. The second-order valence-electron chi connectivity index (χ2n) is 7.45. The van der Waals surface area contributed by atoms with Crippen molar-refractivity contribution in [2.24, 2.45) is 0 Å². The van der Waals surface area contributed by atoms with Gasteiger partial charge >= 0.3 is 0 Å². The monoisotopic (exact) mass is 500 g/mol. The Morgan fingerprint density at radius 1 is 1.27 bits per heavy atom. The molecule has 1 aromatic carbocycles. The maximum atomic E-state index is 13.8. The third-order valence-electron chi connectivity index (χ3n) is 5.00. The van der Waals surface area contributed by atoms with E-state index >= 15 is 0 Å². The SMILES string of the molecule is CN(C)[C@H](CNC(=O)c1ccc(Cl)s1)C(=O)Nc1ccc(N2CCOCC2=O)cc1C(F)F. The standard InChI is InChI=1S/C21H23ClF2N4O4S/c1-27(2)15(10-25-21(31)16-5-6-17(22)33-16)20(30)26-14-4-3-12(9-13(14)19(23)24)28-7-8-32-11-18(28)29/h3-6,9,15,19H,7-8,10-11H2,1-2H3,(H,25,31)(H,26,30)/t15-/m1/s1. The van der Waals surface area contributed by atoms with Crippen LogP contribution in [0.15, 0.2) is 30.3 Å². The lowest BCUT2D eigenvalue weighted by Crippen LogP contribution is -2.47. The first-order chi connectivity index (χ1) is 15.7. The molecular formula is C21H23ClF2N4O4S. The van der Waals surface area contributed by atoms with Gasteiger partial charge in [0.2, 0.25) is 5.91 Å². The number of alkyl halides is 2. The third kappa shape index (κ3) is 6.26. The molecule has 178 valence electrons. The number of hydrogen-bond donors (Lipinski definition) is 2. The van der Waals surface area contributed by atoms with E-state index in [-0.39, 0.29) is 37.2 Å². The average molecular weight is 501 g/mol. The number of halogens is 3. The van der Waals surface area contributed by atoms with Gasteiger partial charge in [-0.25, -0.2) is 8.78 Å². The minimum Gasteiger partial charge on any atom is -0.370 e. The highest BCUT2D eigenvalue weighted by Crippen LogP contribution is 2.32. The van der Waals surface area contributed by atoms with Gasteiger partial charge in [-0.15, -0.1) is 11.3 Å². The fraction of sp³-hybridized carbons (Fsp3) is 0.381. The van der Waals surface area contributed by atoms with E-state index in [1.807, 2.05) is 0 Å². The van der Waals surface area contributed by atoms with E-state index in [4.69, 9.17) is 16.3 Å². The van der Waals surface area contributed by atoms with Crippen LogP contribution in [0.4, 0.5) is 20.2 Å². The number of nitrogens with zero attached hydrogens (tertiary/aromatic N) is 2. The van der Waals surface area contributed by atoms with Crippen LogP contribution in [0.3, 0.4) is 0 Å². The van der Waals surface area contributed by atoms with Gasteiger partial charge in [0.05, 0.1) is 15.8 Å². The number of morpholine rings is 1. The number of carbonyl (C=O) groups excluding carboxylic acids is 3. The molecule has 3 rings (SSSR count). The van der Waals surface area contributed by atoms with E-state index in [0.717, 1.165) is 11.3 Å². The lowest BCUT2D eigenvalue weighted by atomic mass is 10.1. The van der Waals surface area contributed by atoms with E-state index in [0.29, 0.717) is 21.5 Å². The van der Waals surface area contributed by atoms with Gasteiger partial charge in [-0.2, -0.15) is 0 Å². The van der Waals surface area contributed by atoms with E-state index < -0.39 is 23.9 Å². The van der Waals surface area contributed by atoms with Crippen LogP contribution in [0, 0.1) is 0 Å². The smallest absolute Gasteiger partial charge is 0.265 e. The van der Waals surface area contributed by atoms with E-state index in [1.54, 1.807) is 31.1 Å². The minimum absolute atomic E-state index is 0.0441. The molecule has 1 aliphatic rings. The van der Waals surface area contributed by atoms with Crippen LogP contribution in [-0.2, 0) is 14.3 Å². The zero-order chi connectivity index (χ0) is 24.1. The minimum atomic E-state index is -2.88. The molecule has 2 heterocycles. The molecule has 1 aliphatic heterocycles. The summed E-state index contributed by atoms with van der Waals surface area (Å²) in [5, 5.41) is 5.18. The van der Waals surface area contributed by atoms with Crippen LogP contribution in [0.25, 0.3) is 0 Å². The van der Waals surface area contributed by atoms with Gasteiger partial charge in [0.1, 0.15) is 12.6 Å². The van der Waals surface area contributed by atoms with Crippen LogP contribution in [0.5, 0.6) is 0 Å². The second kappa shape index (κ2) is 11.0. The summed E-state index contributed by atoms with van der Waals surface area (Å²) in [6.45, 7) is 0.404. The molecule has 2 N–H and O–H groups in total. The predicted octanol–water partition coefficient (Wildman–Crippen LogP) is 3.00. The summed E-state index contributed by atoms with van der Waals surface area (Å²) in [6.07, 6.45) is -2.88. The first kappa shape index (κ1) is 25.0. The Labute approximate surface area is 198 Å². The number of nitrogens with one attached hydrogen (secondary N) is 2. The van der Waals surface area contributed by atoms with E-state index in [9.17, 15) is 23.2 Å². The fourth-order valence-electron chi connectivity index (χ4n) is 3.24. The van der Waals surface area contributed by atoms with Gasteiger partial charge < -0.3 is 20.3 Å². The largest absolute Gasteiger partial charge is 0.370 e. The maximum Gasteiger partial charge on any atom is 0.265 e. The molecule has 0 saturated carbocycles. The quantitative estimate of drug-likeness (QED) is 0.581. The Balaban J connectivity index is 1.73. The van der Waals surface area contributed by atoms with Gasteiger partial charge in [0, 0.05) is 30.0 Å². The number of anilines is 2. The van der Waals surface area contributed by atoms with Crippen molar-refractivity contribution in [3.63, 3.8) is 0 Å². The Morgan fingerprint density at radius 3 is 2.64 bits per heavy atom. The molecule has 2 aromatic rings. The predicted molar refractivity (Wildman–Crippen MR) is 122 cm³/mol. The molecule has 1 fully saturated rings. The zero-order valence-electron chi connectivity index (χ0n) is 17.9. The molecule has 1 aromatic heterocycles. The number of likely N-dealkylation sites (N-methyl/N-ethyl adjacent to an activating group) is 1. The highest BCUT2D eigenvalue weighted by atomic mass is 35.5. The molecule has 0 spiro atoms. The number of benzene rings is 1. The number of rotatable bonds is 8. The van der Waals surface area contributed by atoms with E-state index in [1.165, 1.54) is 23.1 Å². The fourth-order valence-corrected chi connectivity index (χ4v) is 4.20. The number of amides is 3. The number of hydrogen-bond acceptors (Lipinski definition) is 6. The molecular weight excluding hydrogens is 478 g/mol. The molecule has 1 atom stereocenters. The summed E-state index contributed by atoms with van der Waals surface area (Å²) in [5.41, 5.74) is -0.166. The normalized spacial score (nSPS) is 15.1. The number of thiophene rings is 1. The average Bonchev–Trinajstić information content (AvgIpc) is 3.20. The molecule has 1 saturated heterocycles. The summed E-state index contributed by atoms with van der Waals surface area (Å²) in [7, 11) is 3.28. The molecule has 0 unspecified atom stereocenters. The van der Waals surface area contributed by atoms with Crippen molar-refractivity contribution in [1.82, 2.24) is 10.2 Å². The Hall–Kier alpha value is -2.60.